The van der Waals surface area contributed by atoms with E-state index in [9.17, 15) is 0 Å². The van der Waals surface area contributed by atoms with Crippen LogP contribution in [0.15, 0.2) is 84.9 Å². The molecular weight excluding hydrogens is 706 g/mol. The quantitative estimate of drug-likeness (QED) is 0.124. The SMILES string of the molecule is CC[n+]1c(C2C(c3ccc(OC)c(OC)c3)C(c3[se]c4ccccc4[n+]3CC)C2c2ccc(OC)c(OC)c2)[se]c2ccccc21. The van der Waals surface area contributed by atoms with Crippen LogP contribution in [0.25, 0.3) is 19.6 Å². The zero-order valence-electron chi connectivity index (χ0n) is 27.2. The Morgan fingerprint density at radius 3 is 1.26 bits per heavy atom. The second kappa shape index (κ2) is 12.9. The van der Waals surface area contributed by atoms with Gasteiger partial charge in [0.25, 0.3) is 0 Å². The molecule has 1 aliphatic carbocycles. The standard InChI is InChI=1S/C38H40N2O4Se2/c1-7-39-25-13-9-11-15-31(25)45-37(39)35-33(23-17-19-27(41-3)29(21-23)43-5)36(34(35)24-18-20-28(42-4)30(22-24)44-6)38-40(8-2)26-14-10-12-16-32(26)46-38/h9-22,33-36H,7-8H2,1-6H3/q+2. The molecule has 0 N–H and O–H groups in total. The Morgan fingerprint density at radius 2 is 0.891 bits per heavy atom. The molecule has 2 heterocycles. The topological polar surface area (TPSA) is 44.7 Å². The van der Waals surface area contributed by atoms with E-state index < -0.39 is 0 Å². The van der Waals surface area contributed by atoms with Crippen molar-refractivity contribution >= 4 is 48.6 Å². The second-order valence-electron chi connectivity index (χ2n) is 11.6. The van der Waals surface area contributed by atoms with Gasteiger partial charge < -0.3 is 0 Å². The zero-order valence-corrected chi connectivity index (χ0v) is 30.6. The van der Waals surface area contributed by atoms with Gasteiger partial charge in [0.1, 0.15) is 0 Å². The van der Waals surface area contributed by atoms with Gasteiger partial charge in [0, 0.05) is 0 Å². The number of rotatable bonds is 10. The summed E-state index contributed by atoms with van der Waals surface area (Å²) in [6.07, 6.45) is 0. The fraction of sp³-hybridized carbons (Fsp3) is 0.316. The molecule has 2 aromatic heterocycles. The third-order valence-electron chi connectivity index (χ3n) is 9.61. The first-order valence-electron chi connectivity index (χ1n) is 15.8. The Balaban J connectivity index is 1.52. The Kier molecular flexibility index (Phi) is 8.73. The molecule has 0 bridgehead atoms. The molecule has 1 saturated carbocycles. The number of aryl methyl sites for hydroxylation is 2. The molecule has 0 amide bonds. The van der Waals surface area contributed by atoms with Gasteiger partial charge in [-0.05, 0) is 0 Å². The number of aromatic nitrogens is 2. The van der Waals surface area contributed by atoms with Crippen molar-refractivity contribution in [2.45, 2.75) is 50.6 Å². The molecule has 0 aliphatic heterocycles. The first kappa shape index (κ1) is 31.1. The van der Waals surface area contributed by atoms with Gasteiger partial charge in [0.2, 0.25) is 0 Å². The summed E-state index contributed by atoms with van der Waals surface area (Å²) in [4.78, 5) is 0. The molecule has 236 valence electrons. The summed E-state index contributed by atoms with van der Waals surface area (Å²) in [6, 6.07) is 31.1. The van der Waals surface area contributed by atoms with Crippen LogP contribution in [0, 0.1) is 0 Å². The minimum absolute atomic E-state index is 0.213. The molecule has 6 nitrogen and oxygen atoms in total. The van der Waals surface area contributed by atoms with E-state index in [-0.39, 0.29) is 40.8 Å². The second-order valence-corrected chi connectivity index (χ2v) is 16.1. The molecule has 0 atom stereocenters. The number of nitrogens with zero attached hydrogens (tertiary/aromatic N) is 2. The molecule has 46 heavy (non-hydrogen) atoms. The number of hydrogen-bond acceptors (Lipinski definition) is 4. The molecule has 7 rings (SSSR count). The fourth-order valence-corrected chi connectivity index (χ4v) is 13.5. The van der Waals surface area contributed by atoms with E-state index in [0.717, 1.165) is 36.1 Å². The van der Waals surface area contributed by atoms with Gasteiger partial charge >= 0.3 is 284 Å². The molecule has 0 unspecified atom stereocenters. The number of benzene rings is 4. The van der Waals surface area contributed by atoms with Crippen molar-refractivity contribution in [1.82, 2.24) is 0 Å². The predicted octanol–water partition coefficient (Wildman–Crippen LogP) is 6.20. The Labute approximate surface area is 282 Å². The number of para-hydroxylation sites is 2. The normalized spacial score (nSPS) is 19.3. The molecule has 1 aliphatic rings. The van der Waals surface area contributed by atoms with Gasteiger partial charge in [-0.15, -0.1) is 0 Å². The Morgan fingerprint density at radius 1 is 0.500 bits per heavy atom. The Bertz CT molecular complexity index is 1880. The molecule has 0 spiro atoms. The van der Waals surface area contributed by atoms with E-state index >= 15 is 0 Å². The van der Waals surface area contributed by atoms with Crippen molar-refractivity contribution in [3.05, 3.63) is 105 Å². The van der Waals surface area contributed by atoms with Crippen LogP contribution in [0.2, 0.25) is 0 Å². The maximum atomic E-state index is 5.89. The molecule has 1 fully saturated rings. The van der Waals surface area contributed by atoms with Crippen LogP contribution in [0.4, 0.5) is 0 Å². The Hall–Kier alpha value is -3.54. The van der Waals surface area contributed by atoms with Gasteiger partial charge in [0.05, 0.1) is 0 Å². The molecule has 0 saturated heterocycles. The zero-order chi connectivity index (χ0) is 31.9. The van der Waals surface area contributed by atoms with Gasteiger partial charge in [-0.25, -0.2) is 0 Å². The van der Waals surface area contributed by atoms with Crippen molar-refractivity contribution in [2.24, 2.45) is 0 Å². The van der Waals surface area contributed by atoms with Crippen molar-refractivity contribution in [3.8, 4) is 23.0 Å². The van der Waals surface area contributed by atoms with Crippen LogP contribution in [-0.2, 0) is 13.1 Å². The minimum atomic E-state index is 0.213. The summed E-state index contributed by atoms with van der Waals surface area (Å²) in [6.45, 7) is 6.46. The molecule has 4 aromatic carbocycles. The summed E-state index contributed by atoms with van der Waals surface area (Å²) >= 11 is 0.426. The van der Waals surface area contributed by atoms with E-state index in [4.69, 9.17) is 18.9 Å². The van der Waals surface area contributed by atoms with E-state index in [1.54, 1.807) is 37.6 Å². The van der Waals surface area contributed by atoms with E-state index in [1.807, 2.05) is 0 Å². The molecule has 8 heteroatoms. The van der Waals surface area contributed by atoms with Crippen LogP contribution >= 0.6 is 0 Å². The van der Waals surface area contributed by atoms with Crippen molar-refractivity contribution in [1.29, 1.82) is 0 Å². The monoisotopic (exact) mass is 748 g/mol. The first-order valence-corrected chi connectivity index (χ1v) is 19.3. The van der Waals surface area contributed by atoms with E-state index in [0.29, 0.717) is 11.8 Å². The summed E-state index contributed by atoms with van der Waals surface area (Å²) in [5.41, 5.74) is 5.33. The number of hydrogen-bond donors (Lipinski definition) is 0. The van der Waals surface area contributed by atoms with Crippen molar-refractivity contribution in [2.75, 3.05) is 28.4 Å². The molecule has 6 aromatic rings. The van der Waals surface area contributed by atoms with Crippen LogP contribution in [-0.4, -0.2) is 57.4 Å². The van der Waals surface area contributed by atoms with Gasteiger partial charge in [-0.2, -0.15) is 0 Å². The summed E-state index contributed by atoms with van der Waals surface area (Å²) < 4.78 is 34.4. The summed E-state index contributed by atoms with van der Waals surface area (Å²) in [5, 5.41) is 0. The van der Waals surface area contributed by atoms with E-state index in [2.05, 4.69) is 108 Å². The van der Waals surface area contributed by atoms with Gasteiger partial charge in [0.15, 0.2) is 0 Å². The average Bonchev–Trinajstić information content (AvgIpc) is 3.65. The van der Waals surface area contributed by atoms with Gasteiger partial charge in [-0.3, -0.25) is 0 Å². The van der Waals surface area contributed by atoms with Crippen LogP contribution in [0.5, 0.6) is 23.0 Å². The maximum absolute atomic E-state index is 5.89. The third kappa shape index (κ3) is 4.98. The van der Waals surface area contributed by atoms with Gasteiger partial charge in [-0.1, -0.05) is 0 Å². The van der Waals surface area contributed by atoms with Crippen LogP contribution in [0.3, 0.4) is 0 Å². The number of ether oxygens (including phenoxy) is 4. The van der Waals surface area contributed by atoms with Crippen molar-refractivity contribution in [3.63, 3.8) is 0 Å². The fourth-order valence-electron chi connectivity index (χ4n) is 7.57. The summed E-state index contributed by atoms with van der Waals surface area (Å²) in [7, 11) is 6.89. The van der Waals surface area contributed by atoms with Crippen LogP contribution < -0.4 is 28.1 Å². The molecule has 0 radical (unpaired) electrons. The average molecular weight is 747 g/mol. The van der Waals surface area contributed by atoms with E-state index in [1.165, 1.54) is 30.7 Å². The van der Waals surface area contributed by atoms with Crippen molar-refractivity contribution < 1.29 is 28.1 Å². The number of methoxy groups -OCH3 is 4. The molecular formula is C38H40N2O4Se2+2. The predicted molar refractivity (Wildman–Crippen MR) is 184 cm³/mol. The van der Waals surface area contributed by atoms with Crippen LogP contribution in [0.1, 0.15) is 57.8 Å². The number of fused-ring (bicyclic) bond motifs is 2. The first-order chi connectivity index (χ1) is 22.6. The third-order valence-corrected chi connectivity index (χ3v) is 14.9. The summed E-state index contributed by atoms with van der Waals surface area (Å²) in [5.74, 6) is 4.19.